The normalized spacial score (nSPS) is 19.5. The van der Waals surface area contributed by atoms with Gasteiger partial charge in [0.15, 0.2) is 11.5 Å². The molecule has 0 bridgehead atoms. The molecular weight excluding hydrogens is 366 g/mol. The van der Waals surface area contributed by atoms with E-state index in [1.807, 2.05) is 31.3 Å². The Balaban J connectivity index is 1.20. The van der Waals surface area contributed by atoms with Gasteiger partial charge in [-0.2, -0.15) is 5.10 Å². The van der Waals surface area contributed by atoms with Gasteiger partial charge in [0.25, 0.3) is 5.91 Å². The highest BCUT2D eigenvalue weighted by Crippen LogP contribution is 2.32. The minimum atomic E-state index is -0.147. The number of hydrogen-bond donors (Lipinski definition) is 2. The van der Waals surface area contributed by atoms with E-state index in [0.29, 0.717) is 23.2 Å². The summed E-state index contributed by atoms with van der Waals surface area (Å²) in [4.78, 5) is 17.1. The van der Waals surface area contributed by atoms with Crippen molar-refractivity contribution in [3.63, 3.8) is 0 Å². The Morgan fingerprint density at radius 2 is 2.07 bits per heavy atom. The fraction of sp³-hybridized carbons (Fsp3) is 0.318. The first-order chi connectivity index (χ1) is 14.2. The van der Waals surface area contributed by atoms with Crippen LogP contribution in [0.2, 0.25) is 0 Å². The van der Waals surface area contributed by atoms with E-state index in [4.69, 9.17) is 4.42 Å². The van der Waals surface area contributed by atoms with Crippen LogP contribution < -0.4 is 5.32 Å². The molecule has 1 amide bonds. The number of carbonyl (C=O) groups excluding carboxylic acids is 1. The smallest absolute Gasteiger partial charge is 0.272 e. The van der Waals surface area contributed by atoms with Gasteiger partial charge in [0.2, 0.25) is 0 Å². The van der Waals surface area contributed by atoms with Crippen molar-refractivity contribution in [3.05, 3.63) is 60.2 Å². The highest BCUT2D eigenvalue weighted by Gasteiger charge is 2.26. The summed E-state index contributed by atoms with van der Waals surface area (Å²) in [5, 5.41) is 10.2. The summed E-state index contributed by atoms with van der Waals surface area (Å²) < 4.78 is 7.86. The number of hydrogen-bond acceptors (Lipinski definition) is 4. The number of nitrogens with one attached hydrogen (secondary N) is 2. The summed E-state index contributed by atoms with van der Waals surface area (Å²) in [6.07, 6.45) is 7.87. The molecule has 7 nitrogen and oxygen atoms in total. The standard InChI is InChI=1S/C22H23N5O2/c1-14-4-9-20(29-14)18-13-19(26-25-18)22(28)24-16-5-7-17(8-6-16)27-12-2-3-15-10-11-23-21(15)27/h2-4,9-13,16-17H,5-8H2,1H3,(H,24,28)(H,25,26). The first kappa shape index (κ1) is 17.7. The van der Waals surface area contributed by atoms with Crippen molar-refractivity contribution in [2.45, 2.75) is 44.7 Å². The Hall–Kier alpha value is -3.35. The van der Waals surface area contributed by atoms with Gasteiger partial charge < -0.3 is 14.3 Å². The molecule has 0 unspecified atom stereocenters. The molecule has 4 heterocycles. The van der Waals surface area contributed by atoms with E-state index in [2.05, 4.69) is 43.4 Å². The molecule has 2 aromatic rings. The summed E-state index contributed by atoms with van der Waals surface area (Å²) in [6.45, 7) is 1.89. The quantitative estimate of drug-likeness (QED) is 0.548. The van der Waals surface area contributed by atoms with Crippen LogP contribution in [0.3, 0.4) is 0 Å². The fourth-order valence-corrected chi connectivity index (χ4v) is 4.19. The Morgan fingerprint density at radius 1 is 1.21 bits per heavy atom. The van der Waals surface area contributed by atoms with Gasteiger partial charge in [0.1, 0.15) is 17.3 Å². The molecule has 5 rings (SSSR count). The van der Waals surface area contributed by atoms with Crippen molar-refractivity contribution in [1.29, 1.82) is 0 Å². The molecule has 29 heavy (non-hydrogen) atoms. The minimum Gasteiger partial charge on any atom is -0.460 e. The Bertz CT molecular complexity index is 1100. The Morgan fingerprint density at radius 3 is 2.86 bits per heavy atom. The van der Waals surface area contributed by atoms with Crippen LogP contribution in [-0.4, -0.2) is 31.7 Å². The van der Waals surface area contributed by atoms with Crippen LogP contribution in [0.5, 0.6) is 0 Å². The monoisotopic (exact) mass is 389 g/mol. The van der Waals surface area contributed by atoms with E-state index in [9.17, 15) is 4.79 Å². The predicted molar refractivity (Wildman–Crippen MR) is 109 cm³/mol. The fourth-order valence-electron chi connectivity index (χ4n) is 4.19. The largest absolute Gasteiger partial charge is 0.460 e. The number of carbonyl (C=O) groups is 1. The number of aromatic amines is 1. The molecule has 2 aliphatic heterocycles. The zero-order valence-corrected chi connectivity index (χ0v) is 16.3. The molecule has 1 saturated carbocycles. The number of furan rings is 1. The van der Waals surface area contributed by atoms with E-state index in [1.165, 1.54) is 5.56 Å². The van der Waals surface area contributed by atoms with Crippen LogP contribution in [0.25, 0.3) is 22.8 Å². The molecule has 3 aliphatic rings. The second kappa shape index (κ2) is 7.24. The molecule has 2 N–H and O–H groups in total. The Labute approximate surface area is 168 Å². The summed E-state index contributed by atoms with van der Waals surface area (Å²) in [5.74, 6) is 2.40. The number of aryl methyl sites for hydroxylation is 1. The first-order valence-electron chi connectivity index (χ1n) is 10.0. The molecular formula is C22H23N5O2. The van der Waals surface area contributed by atoms with Gasteiger partial charge in [0.05, 0.1) is 0 Å². The maximum absolute atomic E-state index is 12.6. The number of rotatable bonds is 4. The van der Waals surface area contributed by atoms with Crippen LogP contribution in [0, 0.1) is 6.92 Å². The molecule has 0 atom stereocenters. The van der Waals surface area contributed by atoms with Crippen molar-refractivity contribution in [2.24, 2.45) is 0 Å². The van der Waals surface area contributed by atoms with E-state index >= 15 is 0 Å². The summed E-state index contributed by atoms with van der Waals surface area (Å²) in [5.41, 5.74) is 2.26. The molecule has 0 aromatic carbocycles. The van der Waals surface area contributed by atoms with Crippen molar-refractivity contribution in [1.82, 2.24) is 25.1 Å². The van der Waals surface area contributed by atoms with Gasteiger partial charge in [0, 0.05) is 36.1 Å². The third-order valence-corrected chi connectivity index (χ3v) is 5.72. The number of pyridine rings is 1. The second-order valence-corrected chi connectivity index (χ2v) is 7.70. The van der Waals surface area contributed by atoms with Gasteiger partial charge in [-0.25, -0.2) is 4.98 Å². The van der Waals surface area contributed by atoms with Crippen LogP contribution in [0.15, 0.2) is 53.2 Å². The van der Waals surface area contributed by atoms with Gasteiger partial charge >= 0.3 is 0 Å². The van der Waals surface area contributed by atoms with E-state index in [-0.39, 0.29) is 11.9 Å². The summed E-state index contributed by atoms with van der Waals surface area (Å²) in [6, 6.07) is 12.3. The predicted octanol–water partition coefficient (Wildman–Crippen LogP) is 4.19. The van der Waals surface area contributed by atoms with E-state index in [0.717, 1.165) is 37.3 Å². The highest BCUT2D eigenvalue weighted by atomic mass is 16.3. The lowest BCUT2D eigenvalue weighted by Gasteiger charge is -2.31. The topological polar surface area (TPSA) is 88.7 Å². The number of aromatic nitrogens is 4. The van der Waals surface area contributed by atoms with Crippen LogP contribution in [0.4, 0.5) is 0 Å². The number of H-pyrrole nitrogens is 1. The molecule has 0 radical (unpaired) electrons. The van der Waals surface area contributed by atoms with Crippen LogP contribution in [0.1, 0.15) is 48.0 Å². The molecule has 1 fully saturated rings. The average Bonchev–Trinajstić information content (AvgIpc) is 3.48. The molecule has 0 saturated heterocycles. The minimum absolute atomic E-state index is 0.147. The van der Waals surface area contributed by atoms with Crippen molar-refractivity contribution in [2.75, 3.05) is 0 Å². The van der Waals surface area contributed by atoms with Crippen LogP contribution in [-0.2, 0) is 0 Å². The molecule has 1 aliphatic carbocycles. The third kappa shape index (κ3) is 3.44. The molecule has 148 valence electrons. The summed E-state index contributed by atoms with van der Waals surface area (Å²) >= 11 is 0. The zero-order chi connectivity index (χ0) is 19.8. The van der Waals surface area contributed by atoms with Gasteiger partial charge in [-0.3, -0.25) is 9.89 Å². The lowest BCUT2D eigenvalue weighted by molar-refractivity contribution is 0.0917. The molecule has 2 aromatic heterocycles. The summed E-state index contributed by atoms with van der Waals surface area (Å²) in [7, 11) is 0. The van der Waals surface area contributed by atoms with Crippen LogP contribution >= 0.6 is 0 Å². The van der Waals surface area contributed by atoms with Crippen molar-refractivity contribution < 1.29 is 9.21 Å². The SMILES string of the molecule is Cc1ccc(-c2cc(C(=O)NC3CCC(n4cccc5ccnc4-5)CC3)n[nH]2)o1. The first-order valence-corrected chi connectivity index (χ1v) is 10.0. The van der Waals surface area contributed by atoms with Crippen molar-refractivity contribution >= 4 is 5.91 Å². The lowest BCUT2D eigenvalue weighted by atomic mass is 9.90. The molecule has 0 spiro atoms. The molecule has 7 heteroatoms. The van der Waals surface area contributed by atoms with E-state index < -0.39 is 0 Å². The van der Waals surface area contributed by atoms with Gasteiger partial charge in [-0.05, 0) is 62.9 Å². The lowest BCUT2D eigenvalue weighted by Crippen LogP contribution is -2.38. The highest BCUT2D eigenvalue weighted by molar-refractivity contribution is 5.93. The zero-order valence-electron chi connectivity index (χ0n) is 16.3. The number of nitrogens with zero attached hydrogens (tertiary/aromatic N) is 3. The van der Waals surface area contributed by atoms with Crippen molar-refractivity contribution in [3.8, 4) is 22.8 Å². The maximum atomic E-state index is 12.6. The number of fused-ring (bicyclic) bond motifs is 1. The Kier molecular flexibility index (Phi) is 4.42. The second-order valence-electron chi connectivity index (χ2n) is 7.70. The maximum Gasteiger partial charge on any atom is 0.272 e. The van der Waals surface area contributed by atoms with E-state index in [1.54, 1.807) is 6.07 Å². The van der Waals surface area contributed by atoms with Gasteiger partial charge in [-0.15, -0.1) is 0 Å². The third-order valence-electron chi connectivity index (χ3n) is 5.72. The average molecular weight is 389 g/mol. The number of amides is 1. The van der Waals surface area contributed by atoms with Gasteiger partial charge in [-0.1, -0.05) is 0 Å².